The first-order chi connectivity index (χ1) is 4.72. The summed E-state index contributed by atoms with van der Waals surface area (Å²) in [6, 6.07) is 0. The van der Waals surface area contributed by atoms with Crippen molar-refractivity contribution in [2.75, 3.05) is 0 Å². The Balaban J connectivity index is 2.40. The summed E-state index contributed by atoms with van der Waals surface area (Å²) >= 11 is 0. The lowest BCUT2D eigenvalue weighted by atomic mass is 9.78. The Hall–Kier alpha value is -0.0400. The van der Waals surface area contributed by atoms with Gasteiger partial charge in [0, 0.05) is 0 Å². The van der Waals surface area contributed by atoms with E-state index < -0.39 is 0 Å². The quantitative estimate of drug-likeness (QED) is 0.595. The van der Waals surface area contributed by atoms with Crippen molar-refractivity contribution in [2.45, 2.75) is 45.6 Å². The van der Waals surface area contributed by atoms with E-state index in [-0.39, 0.29) is 6.10 Å². The van der Waals surface area contributed by atoms with Gasteiger partial charge < -0.3 is 5.11 Å². The van der Waals surface area contributed by atoms with Crippen LogP contribution in [-0.4, -0.2) is 11.2 Å². The van der Waals surface area contributed by atoms with Gasteiger partial charge in [-0.15, -0.1) is 0 Å². The zero-order valence-electron chi connectivity index (χ0n) is 7.01. The molecule has 3 unspecified atom stereocenters. The Morgan fingerprint density at radius 2 is 1.90 bits per heavy atom. The third-order valence-electron chi connectivity index (χ3n) is 2.80. The zero-order valence-corrected chi connectivity index (χ0v) is 7.01. The van der Waals surface area contributed by atoms with E-state index in [1.54, 1.807) is 0 Å². The first-order valence-corrected chi connectivity index (χ1v) is 4.40. The first kappa shape index (κ1) is 8.06. The molecular weight excluding hydrogens is 124 g/mol. The van der Waals surface area contributed by atoms with Crippen LogP contribution in [0.25, 0.3) is 0 Å². The van der Waals surface area contributed by atoms with Crippen LogP contribution in [-0.2, 0) is 0 Å². The van der Waals surface area contributed by atoms with Gasteiger partial charge in [0.1, 0.15) is 0 Å². The Morgan fingerprint density at radius 1 is 1.30 bits per heavy atom. The van der Waals surface area contributed by atoms with E-state index in [4.69, 9.17) is 0 Å². The van der Waals surface area contributed by atoms with E-state index in [0.717, 1.165) is 5.92 Å². The number of aliphatic hydroxyl groups excluding tert-OH is 1. The fourth-order valence-electron chi connectivity index (χ4n) is 2.06. The van der Waals surface area contributed by atoms with Crippen LogP contribution in [0.1, 0.15) is 39.5 Å². The van der Waals surface area contributed by atoms with Crippen molar-refractivity contribution < 1.29 is 5.11 Å². The van der Waals surface area contributed by atoms with E-state index in [1.165, 1.54) is 25.7 Å². The summed E-state index contributed by atoms with van der Waals surface area (Å²) in [6.45, 7) is 4.18. The summed E-state index contributed by atoms with van der Waals surface area (Å²) in [5, 5.41) is 9.35. The molecule has 1 aliphatic carbocycles. The fourth-order valence-corrected chi connectivity index (χ4v) is 2.06. The molecule has 60 valence electrons. The molecule has 0 saturated heterocycles. The van der Waals surface area contributed by atoms with Crippen LogP contribution in [0.2, 0.25) is 0 Å². The zero-order chi connectivity index (χ0) is 7.56. The van der Waals surface area contributed by atoms with Gasteiger partial charge in [0.2, 0.25) is 0 Å². The monoisotopic (exact) mass is 142 g/mol. The molecule has 1 heteroatoms. The maximum absolute atomic E-state index is 9.35. The lowest BCUT2D eigenvalue weighted by molar-refractivity contribution is 0.0678. The fraction of sp³-hybridized carbons (Fsp3) is 1.00. The molecule has 0 spiro atoms. The average Bonchev–Trinajstić information content (AvgIpc) is 1.88. The highest BCUT2D eigenvalue weighted by molar-refractivity contribution is 4.75. The topological polar surface area (TPSA) is 20.2 Å². The number of rotatable bonds is 1. The minimum absolute atomic E-state index is 0.0877. The van der Waals surface area contributed by atoms with Crippen LogP contribution in [0, 0.1) is 11.8 Å². The summed E-state index contributed by atoms with van der Waals surface area (Å²) in [4.78, 5) is 0. The van der Waals surface area contributed by atoms with E-state index in [2.05, 4.69) is 6.92 Å². The van der Waals surface area contributed by atoms with Gasteiger partial charge in [0.25, 0.3) is 0 Å². The van der Waals surface area contributed by atoms with Crippen LogP contribution < -0.4 is 0 Å². The van der Waals surface area contributed by atoms with Gasteiger partial charge in [-0.05, 0) is 25.2 Å². The van der Waals surface area contributed by atoms with Crippen molar-refractivity contribution in [1.82, 2.24) is 0 Å². The summed E-state index contributed by atoms with van der Waals surface area (Å²) in [6.07, 6.45) is 5.15. The van der Waals surface area contributed by atoms with Crippen molar-refractivity contribution in [1.29, 1.82) is 0 Å². The maximum Gasteiger partial charge on any atom is 0.0542 e. The van der Waals surface area contributed by atoms with Gasteiger partial charge in [0.15, 0.2) is 0 Å². The molecule has 0 aromatic carbocycles. The lowest BCUT2D eigenvalue weighted by Gasteiger charge is -2.30. The van der Waals surface area contributed by atoms with Crippen molar-refractivity contribution in [3.05, 3.63) is 0 Å². The maximum atomic E-state index is 9.35. The van der Waals surface area contributed by atoms with Gasteiger partial charge in [-0.1, -0.05) is 26.2 Å². The van der Waals surface area contributed by atoms with Crippen LogP contribution in [0.15, 0.2) is 0 Å². The SMILES string of the molecule is CC(O)C1CCCCC1C. The molecule has 0 bridgehead atoms. The largest absolute Gasteiger partial charge is 0.393 e. The smallest absolute Gasteiger partial charge is 0.0542 e. The standard InChI is InChI=1S/C9H18O/c1-7-5-3-4-6-9(7)8(2)10/h7-10H,3-6H2,1-2H3. The first-order valence-electron chi connectivity index (χ1n) is 4.40. The van der Waals surface area contributed by atoms with Crippen molar-refractivity contribution in [3.63, 3.8) is 0 Å². The molecule has 3 atom stereocenters. The summed E-state index contributed by atoms with van der Waals surface area (Å²) < 4.78 is 0. The molecule has 1 aliphatic rings. The molecule has 1 N–H and O–H groups in total. The van der Waals surface area contributed by atoms with E-state index in [9.17, 15) is 5.11 Å². The number of hydrogen-bond acceptors (Lipinski definition) is 1. The number of hydrogen-bond donors (Lipinski definition) is 1. The normalized spacial score (nSPS) is 37.5. The predicted molar refractivity (Wildman–Crippen MR) is 42.8 cm³/mol. The van der Waals surface area contributed by atoms with E-state index in [1.807, 2.05) is 6.92 Å². The third-order valence-corrected chi connectivity index (χ3v) is 2.80. The second-order valence-corrected chi connectivity index (χ2v) is 3.67. The lowest BCUT2D eigenvalue weighted by Crippen LogP contribution is -2.26. The summed E-state index contributed by atoms with van der Waals surface area (Å²) in [5.74, 6) is 1.32. The highest BCUT2D eigenvalue weighted by Gasteiger charge is 2.24. The van der Waals surface area contributed by atoms with Crippen LogP contribution in [0.5, 0.6) is 0 Å². The molecule has 1 nitrogen and oxygen atoms in total. The summed E-state index contributed by atoms with van der Waals surface area (Å²) in [5.41, 5.74) is 0. The minimum Gasteiger partial charge on any atom is -0.393 e. The molecule has 0 aromatic rings. The molecule has 0 amide bonds. The Bertz CT molecular complexity index is 98.9. The van der Waals surface area contributed by atoms with Gasteiger partial charge in [-0.25, -0.2) is 0 Å². The van der Waals surface area contributed by atoms with Gasteiger partial charge in [0.05, 0.1) is 6.10 Å². The number of aliphatic hydroxyl groups is 1. The van der Waals surface area contributed by atoms with Crippen molar-refractivity contribution >= 4 is 0 Å². The second kappa shape index (κ2) is 3.38. The van der Waals surface area contributed by atoms with E-state index >= 15 is 0 Å². The molecule has 0 heterocycles. The van der Waals surface area contributed by atoms with Crippen molar-refractivity contribution in [3.8, 4) is 0 Å². The molecule has 1 fully saturated rings. The molecule has 1 rings (SSSR count). The second-order valence-electron chi connectivity index (χ2n) is 3.67. The molecular formula is C9H18O. The van der Waals surface area contributed by atoms with Gasteiger partial charge in [-0.3, -0.25) is 0 Å². The molecule has 1 saturated carbocycles. The Morgan fingerprint density at radius 3 is 2.30 bits per heavy atom. The highest BCUT2D eigenvalue weighted by atomic mass is 16.3. The van der Waals surface area contributed by atoms with Gasteiger partial charge >= 0.3 is 0 Å². The van der Waals surface area contributed by atoms with Crippen LogP contribution >= 0.6 is 0 Å². The predicted octanol–water partition coefficient (Wildman–Crippen LogP) is 2.19. The third kappa shape index (κ3) is 1.72. The van der Waals surface area contributed by atoms with Crippen LogP contribution in [0.4, 0.5) is 0 Å². The molecule has 0 radical (unpaired) electrons. The van der Waals surface area contributed by atoms with Crippen LogP contribution in [0.3, 0.4) is 0 Å². The average molecular weight is 142 g/mol. The summed E-state index contributed by atoms with van der Waals surface area (Å²) in [7, 11) is 0. The Labute approximate surface area is 63.4 Å². The highest BCUT2D eigenvalue weighted by Crippen LogP contribution is 2.31. The molecule has 10 heavy (non-hydrogen) atoms. The van der Waals surface area contributed by atoms with Crippen molar-refractivity contribution in [2.24, 2.45) is 11.8 Å². The molecule has 0 aromatic heterocycles. The van der Waals surface area contributed by atoms with E-state index in [0.29, 0.717) is 5.92 Å². The van der Waals surface area contributed by atoms with Gasteiger partial charge in [-0.2, -0.15) is 0 Å². The minimum atomic E-state index is -0.0877. The Kier molecular flexibility index (Phi) is 2.72. The molecule has 0 aliphatic heterocycles.